The molecule has 102 valence electrons. The van der Waals surface area contributed by atoms with Crippen molar-refractivity contribution in [3.8, 4) is 0 Å². The summed E-state index contributed by atoms with van der Waals surface area (Å²) in [7, 11) is 0. The predicted molar refractivity (Wildman–Crippen MR) is 72.3 cm³/mol. The molecule has 2 bridgehead atoms. The van der Waals surface area contributed by atoms with Crippen LogP contribution in [0.1, 0.15) is 46.0 Å². The molecule has 3 heteroatoms. The van der Waals surface area contributed by atoms with Crippen molar-refractivity contribution in [1.82, 2.24) is 10.2 Å². The Morgan fingerprint density at radius 3 is 2.56 bits per heavy atom. The molecule has 3 aliphatic carbocycles. The number of urea groups is 1. The van der Waals surface area contributed by atoms with Crippen LogP contribution in [0.3, 0.4) is 0 Å². The summed E-state index contributed by atoms with van der Waals surface area (Å²) in [6.07, 6.45) is 6.95. The molecule has 5 atom stereocenters. The van der Waals surface area contributed by atoms with E-state index in [2.05, 4.69) is 19.2 Å². The summed E-state index contributed by atoms with van der Waals surface area (Å²) in [6, 6.07) is 0.634. The van der Waals surface area contributed by atoms with Crippen molar-refractivity contribution in [3.63, 3.8) is 0 Å². The lowest BCUT2D eigenvalue weighted by atomic mass is 9.79. The molecule has 0 radical (unpaired) electrons. The molecule has 0 spiro atoms. The van der Waals surface area contributed by atoms with E-state index >= 15 is 0 Å². The van der Waals surface area contributed by atoms with E-state index in [4.69, 9.17) is 0 Å². The first-order valence-corrected chi connectivity index (χ1v) is 7.80. The van der Waals surface area contributed by atoms with Gasteiger partial charge in [-0.3, -0.25) is 0 Å². The Bertz CT molecular complexity index is 326. The molecule has 0 heterocycles. The topological polar surface area (TPSA) is 32.3 Å². The fourth-order valence-corrected chi connectivity index (χ4v) is 4.99. The third-order valence-corrected chi connectivity index (χ3v) is 5.79. The van der Waals surface area contributed by atoms with Crippen LogP contribution in [0, 0.1) is 23.7 Å². The van der Waals surface area contributed by atoms with Crippen molar-refractivity contribution in [1.29, 1.82) is 0 Å². The Labute approximate surface area is 110 Å². The van der Waals surface area contributed by atoms with Gasteiger partial charge in [-0.25, -0.2) is 4.79 Å². The number of carbonyl (C=O) groups is 1. The summed E-state index contributed by atoms with van der Waals surface area (Å²) < 4.78 is 0. The zero-order chi connectivity index (χ0) is 12.7. The van der Waals surface area contributed by atoms with Crippen molar-refractivity contribution >= 4 is 6.03 Å². The largest absolute Gasteiger partial charge is 0.335 e. The zero-order valence-corrected chi connectivity index (χ0v) is 11.7. The Morgan fingerprint density at radius 2 is 1.83 bits per heavy atom. The second kappa shape index (κ2) is 4.75. The smallest absolute Gasteiger partial charge is 0.317 e. The normalized spacial score (nSPS) is 40.9. The first-order chi connectivity index (χ1) is 8.74. The highest BCUT2D eigenvalue weighted by molar-refractivity contribution is 5.74. The van der Waals surface area contributed by atoms with E-state index in [1.165, 1.54) is 32.1 Å². The van der Waals surface area contributed by atoms with Crippen molar-refractivity contribution in [3.05, 3.63) is 0 Å². The Kier molecular flexibility index (Phi) is 3.25. The Hall–Kier alpha value is -0.730. The maximum absolute atomic E-state index is 12.1. The van der Waals surface area contributed by atoms with Crippen LogP contribution in [0.2, 0.25) is 0 Å². The third kappa shape index (κ3) is 1.83. The van der Waals surface area contributed by atoms with E-state index in [9.17, 15) is 4.79 Å². The maximum atomic E-state index is 12.1. The minimum Gasteiger partial charge on any atom is -0.335 e. The fourth-order valence-electron chi connectivity index (χ4n) is 4.99. The molecule has 0 saturated heterocycles. The Morgan fingerprint density at radius 1 is 1.11 bits per heavy atom. The van der Waals surface area contributed by atoms with Crippen molar-refractivity contribution in [2.24, 2.45) is 23.7 Å². The molecule has 2 unspecified atom stereocenters. The minimum absolute atomic E-state index is 0.159. The number of nitrogens with zero attached hydrogens (tertiary/aromatic N) is 1. The zero-order valence-electron chi connectivity index (χ0n) is 11.7. The molecule has 1 N–H and O–H groups in total. The first kappa shape index (κ1) is 12.3. The summed E-state index contributed by atoms with van der Waals surface area (Å²) in [5, 5.41) is 3.31. The number of hydrogen-bond acceptors (Lipinski definition) is 1. The summed E-state index contributed by atoms with van der Waals surface area (Å²) >= 11 is 0. The maximum Gasteiger partial charge on any atom is 0.317 e. The highest BCUT2D eigenvalue weighted by Crippen LogP contribution is 2.58. The number of hydrogen-bond donors (Lipinski definition) is 1. The van der Waals surface area contributed by atoms with Gasteiger partial charge < -0.3 is 10.2 Å². The molecular formula is C15H26N2O. The van der Waals surface area contributed by atoms with Crippen LogP contribution in [-0.4, -0.2) is 30.1 Å². The van der Waals surface area contributed by atoms with E-state index in [-0.39, 0.29) is 6.03 Å². The SMILES string of the molecule is CCN(CC)C(=O)N[C@@H]1C[C@H]2C[C@@H]1C1CCCC12. The van der Waals surface area contributed by atoms with Crippen molar-refractivity contribution in [2.45, 2.75) is 52.0 Å². The van der Waals surface area contributed by atoms with Gasteiger partial charge >= 0.3 is 6.03 Å². The van der Waals surface area contributed by atoms with Gasteiger partial charge in [0.25, 0.3) is 0 Å². The van der Waals surface area contributed by atoms with Crippen molar-refractivity contribution < 1.29 is 4.79 Å². The van der Waals surface area contributed by atoms with Crippen molar-refractivity contribution in [2.75, 3.05) is 13.1 Å². The summed E-state index contributed by atoms with van der Waals surface area (Å²) in [5.41, 5.74) is 0. The third-order valence-electron chi connectivity index (χ3n) is 5.79. The van der Waals surface area contributed by atoms with E-state index in [1.54, 1.807) is 0 Å². The molecule has 3 fully saturated rings. The molecule has 0 aromatic carbocycles. The van der Waals surface area contributed by atoms with E-state index in [0.717, 1.165) is 36.8 Å². The highest BCUT2D eigenvalue weighted by atomic mass is 16.2. The number of fused-ring (bicyclic) bond motifs is 5. The molecule has 0 aromatic heterocycles. The molecule has 3 rings (SSSR count). The number of amides is 2. The molecule has 0 aliphatic heterocycles. The summed E-state index contributed by atoms with van der Waals surface area (Å²) in [5.74, 6) is 3.66. The van der Waals surface area contributed by atoms with Crippen LogP contribution >= 0.6 is 0 Å². The molecule has 18 heavy (non-hydrogen) atoms. The van der Waals surface area contributed by atoms with Crippen LogP contribution in [0.25, 0.3) is 0 Å². The van der Waals surface area contributed by atoms with Gasteiger partial charge in [0.05, 0.1) is 0 Å². The quantitative estimate of drug-likeness (QED) is 0.820. The van der Waals surface area contributed by atoms with Gasteiger partial charge in [0.1, 0.15) is 0 Å². The molecule has 2 amide bonds. The molecular weight excluding hydrogens is 224 g/mol. The van der Waals surface area contributed by atoms with Gasteiger partial charge in [-0.1, -0.05) is 6.42 Å². The van der Waals surface area contributed by atoms with E-state index < -0.39 is 0 Å². The van der Waals surface area contributed by atoms with Gasteiger partial charge in [0.15, 0.2) is 0 Å². The number of carbonyl (C=O) groups excluding carboxylic acids is 1. The predicted octanol–water partition coefficient (Wildman–Crippen LogP) is 2.86. The lowest BCUT2D eigenvalue weighted by molar-refractivity contribution is 0.175. The van der Waals surface area contributed by atoms with E-state index in [0.29, 0.717) is 6.04 Å². The van der Waals surface area contributed by atoms with Crippen LogP contribution in [0.5, 0.6) is 0 Å². The average molecular weight is 250 g/mol. The van der Waals surface area contributed by atoms with Gasteiger partial charge in [0.2, 0.25) is 0 Å². The van der Waals surface area contributed by atoms with Crippen LogP contribution in [0.15, 0.2) is 0 Å². The van der Waals surface area contributed by atoms with Crippen LogP contribution < -0.4 is 5.32 Å². The standard InChI is InChI=1S/C15H26N2O/c1-3-17(4-2)15(18)16-14-9-10-8-13(14)12-7-5-6-11(10)12/h10-14H,3-9H2,1-2H3,(H,16,18)/t10-,11?,12?,13-,14-/m1/s1. The monoisotopic (exact) mass is 250 g/mol. The summed E-state index contributed by atoms with van der Waals surface area (Å²) in [6.45, 7) is 5.73. The lowest BCUT2D eigenvalue weighted by Gasteiger charge is -2.33. The fraction of sp³-hybridized carbons (Fsp3) is 0.933. The molecule has 3 nitrogen and oxygen atoms in total. The second-order valence-electron chi connectivity index (χ2n) is 6.38. The van der Waals surface area contributed by atoms with Crippen LogP contribution in [-0.2, 0) is 0 Å². The lowest BCUT2D eigenvalue weighted by Crippen LogP contribution is -2.48. The van der Waals surface area contributed by atoms with Gasteiger partial charge in [0, 0.05) is 19.1 Å². The molecule has 0 aromatic rings. The minimum atomic E-state index is 0.159. The Balaban J connectivity index is 1.61. The van der Waals surface area contributed by atoms with Crippen LogP contribution in [0.4, 0.5) is 4.79 Å². The van der Waals surface area contributed by atoms with E-state index in [1.807, 2.05) is 4.90 Å². The van der Waals surface area contributed by atoms with Gasteiger partial charge in [-0.2, -0.15) is 0 Å². The number of rotatable bonds is 3. The molecule has 3 aliphatic rings. The first-order valence-electron chi connectivity index (χ1n) is 7.80. The average Bonchev–Trinajstić information content (AvgIpc) is 3.01. The highest BCUT2D eigenvalue weighted by Gasteiger charge is 2.54. The van der Waals surface area contributed by atoms with Gasteiger partial charge in [-0.15, -0.1) is 0 Å². The molecule has 3 saturated carbocycles. The summed E-state index contributed by atoms with van der Waals surface area (Å²) in [4.78, 5) is 14.0. The number of nitrogens with one attached hydrogen (secondary N) is 1. The second-order valence-corrected chi connectivity index (χ2v) is 6.38. The van der Waals surface area contributed by atoms with Gasteiger partial charge in [-0.05, 0) is 63.2 Å².